The number of hydroxylamine groups is 1. The number of hydrogen-bond donors (Lipinski definition) is 0. The molecule has 5 nitrogen and oxygen atoms in total. The average Bonchev–Trinajstić information content (AvgIpc) is 2.19. The lowest BCUT2D eigenvalue weighted by Gasteiger charge is -2.25. The first kappa shape index (κ1) is 11.0. The van der Waals surface area contributed by atoms with E-state index in [1.165, 1.54) is 6.07 Å². The van der Waals surface area contributed by atoms with Gasteiger partial charge in [-0.15, -0.1) is 4.47 Å². The van der Waals surface area contributed by atoms with Crippen molar-refractivity contribution < 1.29 is 22.4 Å². The average molecular weight is 245 g/mol. The van der Waals surface area contributed by atoms with Gasteiger partial charge in [0, 0.05) is 0 Å². The van der Waals surface area contributed by atoms with Gasteiger partial charge in [-0.05, 0) is 17.7 Å². The maximum atomic E-state index is 12.9. The minimum atomic E-state index is -3.81. The first-order valence-electron chi connectivity index (χ1n) is 4.35. The highest BCUT2D eigenvalue weighted by Gasteiger charge is 2.36. The molecule has 7 heteroatoms. The standard InChI is InChI=1S/C9H8FNO4S/c1-15-11-9(12)8-4-7(10)3-2-6(8)5-16(11,13)14/h2-4H,5H2,1H3. The number of carbonyl (C=O) groups excluding carboxylic acids is 1. The Morgan fingerprint density at radius 3 is 2.75 bits per heavy atom. The highest BCUT2D eigenvalue weighted by Crippen LogP contribution is 2.25. The molecule has 0 spiro atoms. The van der Waals surface area contributed by atoms with E-state index in [1.807, 2.05) is 0 Å². The van der Waals surface area contributed by atoms with Gasteiger partial charge in [0.15, 0.2) is 0 Å². The van der Waals surface area contributed by atoms with Gasteiger partial charge in [-0.1, -0.05) is 6.07 Å². The molecular weight excluding hydrogens is 237 g/mol. The van der Waals surface area contributed by atoms with Crippen molar-refractivity contribution in [1.29, 1.82) is 0 Å². The van der Waals surface area contributed by atoms with E-state index in [-0.39, 0.29) is 21.3 Å². The summed E-state index contributed by atoms with van der Waals surface area (Å²) in [6, 6.07) is 3.40. The summed E-state index contributed by atoms with van der Waals surface area (Å²) in [4.78, 5) is 16.2. The van der Waals surface area contributed by atoms with Crippen LogP contribution in [0.1, 0.15) is 15.9 Å². The summed E-state index contributed by atoms with van der Waals surface area (Å²) in [5, 5.41) is 0. The minimum absolute atomic E-state index is 0.0108. The number of rotatable bonds is 1. The predicted molar refractivity (Wildman–Crippen MR) is 52.2 cm³/mol. The molecule has 1 aliphatic rings. The van der Waals surface area contributed by atoms with Crippen LogP contribution in [0.5, 0.6) is 0 Å². The molecule has 1 heterocycles. The lowest BCUT2D eigenvalue weighted by molar-refractivity contribution is -0.0296. The molecule has 0 unspecified atom stereocenters. The molecule has 1 aromatic rings. The Labute approximate surface area is 91.4 Å². The first-order valence-corrected chi connectivity index (χ1v) is 5.96. The van der Waals surface area contributed by atoms with Crippen LogP contribution in [0.3, 0.4) is 0 Å². The fourth-order valence-electron chi connectivity index (χ4n) is 1.55. The Balaban J connectivity index is 2.62. The summed E-state index contributed by atoms with van der Waals surface area (Å²) in [5.74, 6) is -1.84. The minimum Gasteiger partial charge on any atom is -0.266 e. The van der Waals surface area contributed by atoms with Crippen LogP contribution in [0.4, 0.5) is 4.39 Å². The molecule has 0 saturated carbocycles. The largest absolute Gasteiger partial charge is 0.292 e. The Hall–Kier alpha value is -1.47. The van der Waals surface area contributed by atoms with E-state index >= 15 is 0 Å². The normalized spacial score (nSPS) is 18.4. The summed E-state index contributed by atoms with van der Waals surface area (Å²) in [6.45, 7) is 0. The number of nitrogens with zero attached hydrogens (tertiary/aromatic N) is 1. The quantitative estimate of drug-likeness (QED) is 0.729. The van der Waals surface area contributed by atoms with Crippen molar-refractivity contribution in [3.63, 3.8) is 0 Å². The number of carbonyl (C=O) groups is 1. The molecule has 0 atom stereocenters. The third-order valence-corrected chi connectivity index (χ3v) is 3.72. The molecule has 0 aromatic heterocycles. The van der Waals surface area contributed by atoms with Crippen molar-refractivity contribution in [1.82, 2.24) is 4.47 Å². The lowest BCUT2D eigenvalue weighted by atomic mass is 10.1. The molecular formula is C9H8FNO4S. The molecule has 1 aromatic carbocycles. The third kappa shape index (κ3) is 1.57. The van der Waals surface area contributed by atoms with E-state index in [0.717, 1.165) is 19.2 Å². The first-order chi connectivity index (χ1) is 7.45. The molecule has 1 aliphatic heterocycles. The van der Waals surface area contributed by atoms with Crippen LogP contribution < -0.4 is 0 Å². The molecule has 0 radical (unpaired) electrons. The van der Waals surface area contributed by atoms with Gasteiger partial charge in [0.2, 0.25) is 0 Å². The number of sulfonamides is 1. The van der Waals surface area contributed by atoms with Gasteiger partial charge in [0.1, 0.15) is 5.82 Å². The van der Waals surface area contributed by atoms with Gasteiger partial charge in [-0.25, -0.2) is 12.8 Å². The SMILES string of the molecule is CON1C(=O)c2cc(F)ccc2CS1(=O)=O. The Kier molecular flexibility index (Phi) is 2.43. The van der Waals surface area contributed by atoms with Crippen molar-refractivity contribution in [2.75, 3.05) is 7.11 Å². The Morgan fingerprint density at radius 1 is 1.44 bits per heavy atom. The lowest BCUT2D eigenvalue weighted by Crippen LogP contribution is -2.41. The molecule has 2 rings (SSSR count). The molecule has 0 saturated heterocycles. The van der Waals surface area contributed by atoms with Gasteiger partial charge in [0.25, 0.3) is 15.9 Å². The van der Waals surface area contributed by atoms with Crippen molar-refractivity contribution in [2.45, 2.75) is 5.75 Å². The number of halogens is 1. The van der Waals surface area contributed by atoms with Gasteiger partial charge >= 0.3 is 0 Å². The molecule has 0 aliphatic carbocycles. The van der Waals surface area contributed by atoms with Crippen LogP contribution in [-0.4, -0.2) is 25.9 Å². The third-order valence-electron chi connectivity index (χ3n) is 2.22. The van der Waals surface area contributed by atoms with Crippen molar-refractivity contribution in [2.24, 2.45) is 0 Å². The second kappa shape index (κ2) is 3.53. The van der Waals surface area contributed by atoms with Gasteiger partial charge in [-0.3, -0.25) is 9.63 Å². The Morgan fingerprint density at radius 2 is 2.12 bits per heavy atom. The molecule has 0 fully saturated rings. The molecule has 0 bridgehead atoms. The highest BCUT2D eigenvalue weighted by molar-refractivity contribution is 7.88. The van der Waals surface area contributed by atoms with Crippen molar-refractivity contribution in [3.05, 3.63) is 35.1 Å². The zero-order valence-corrected chi connectivity index (χ0v) is 9.12. The van der Waals surface area contributed by atoms with Crippen LogP contribution in [0, 0.1) is 5.82 Å². The summed E-state index contributed by atoms with van der Waals surface area (Å²) in [7, 11) is -2.74. The van der Waals surface area contributed by atoms with Crippen LogP contribution in [0.15, 0.2) is 18.2 Å². The van der Waals surface area contributed by atoms with Crippen LogP contribution in [0.2, 0.25) is 0 Å². The summed E-state index contributed by atoms with van der Waals surface area (Å²) in [5.41, 5.74) is 0.288. The highest BCUT2D eigenvalue weighted by atomic mass is 32.2. The number of benzene rings is 1. The maximum Gasteiger partial charge on any atom is 0.292 e. The smallest absolute Gasteiger partial charge is 0.266 e. The second-order valence-electron chi connectivity index (χ2n) is 3.27. The summed E-state index contributed by atoms with van der Waals surface area (Å²) >= 11 is 0. The van der Waals surface area contributed by atoms with Crippen LogP contribution >= 0.6 is 0 Å². The molecule has 86 valence electrons. The maximum absolute atomic E-state index is 12.9. The van der Waals surface area contributed by atoms with E-state index in [0.29, 0.717) is 0 Å². The number of hydrogen-bond acceptors (Lipinski definition) is 4. The topological polar surface area (TPSA) is 63.7 Å². The van der Waals surface area contributed by atoms with E-state index in [1.54, 1.807) is 0 Å². The molecule has 16 heavy (non-hydrogen) atoms. The summed E-state index contributed by atoms with van der Waals surface area (Å²) in [6.07, 6.45) is 0. The monoisotopic (exact) mass is 245 g/mol. The van der Waals surface area contributed by atoms with E-state index in [4.69, 9.17) is 0 Å². The molecule has 0 N–H and O–H groups in total. The van der Waals surface area contributed by atoms with E-state index < -0.39 is 21.7 Å². The van der Waals surface area contributed by atoms with Crippen molar-refractivity contribution >= 4 is 15.9 Å². The fourth-order valence-corrected chi connectivity index (χ4v) is 2.89. The zero-order valence-electron chi connectivity index (χ0n) is 8.31. The number of fused-ring (bicyclic) bond motifs is 1. The van der Waals surface area contributed by atoms with Gasteiger partial charge in [-0.2, -0.15) is 0 Å². The zero-order chi connectivity index (χ0) is 11.9. The second-order valence-corrected chi connectivity index (χ2v) is 5.06. The van der Waals surface area contributed by atoms with Gasteiger partial charge < -0.3 is 0 Å². The number of amides is 1. The van der Waals surface area contributed by atoms with Crippen molar-refractivity contribution in [3.8, 4) is 0 Å². The Bertz CT molecular complexity index is 555. The fraction of sp³-hybridized carbons (Fsp3) is 0.222. The van der Waals surface area contributed by atoms with Gasteiger partial charge in [0.05, 0.1) is 18.4 Å². The van der Waals surface area contributed by atoms with E-state index in [2.05, 4.69) is 4.84 Å². The molecule has 1 amide bonds. The van der Waals surface area contributed by atoms with E-state index in [9.17, 15) is 17.6 Å². The van der Waals surface area contributed by atoms with Crippen LogP contribution in [0.25, 0.3) is 0 Å². The predicted octanol–water partition coefficient (Wildman–Crippen LogP) is 0.673. The summed E-state index contributed by atoms with van der Waals surface area (Å²) < 4.78 is 36.3. The van der Waals surface area contributed by atoms with Crippen LogP contribution in [-0.2, 0) is 20.6 Å².